The number of rotatable bonds is 6. The molecule has 0 aromatic heterocycles. The van der Waals surface area contributed by atoms with Crippen LogP contribution in [-0.4, -0.2) is 24.4 Å². The highest BCUT2D eigenvalue weighted by molar-refractivity contribution is 4.80. The van der Waals surface area contributed by atoms with E-state index in [1.54, 1.807) is 7.11 Å². The molecule has 14 heavy (non-hydrogen) atoms. The summed E-state index contributed by atoms with van der Waals surface area (Å²) in [7, 11) is 1.68. The van der Waals surface area contributed by atoms with Crippen LogP contribution < -0.4 is 0 Å². The van der Waals surface area contributed by atoms with E-state index in [4.69, 9.17) is 4.74 Å². The predicted octanol–water partition coefficient (Wildman–Crippen LogP) is 2.99. The van der Waals surface area contributed by atoms with Gasteiger partial charge in [-0.3, -0.25) is 0 Å². The SMILES string of the molecule is CCCCCC(O)C(OC)C(C)(C)C. The van der Waals surface area contributed by atoms with Gasteiger partial charge in [-0.1, -0.05) is 47.0 Å². The number of unbranched alkanes of at least 4 members (excludes halogenated alkanes) is 2. The molecule has 2 heteroatoms. The van der Waals surface area contributed by atoms with Crippen molar-refractivity contribution >= 4 is 0 Å². The Hall–Kier alpha value is -0.0800. The van der Waals surface area contributed by atoms with E-state index in [1.165, 1.54) is 12.8 Å². The smallest absolute Gasteiger partial charge is 0.0878 e. The topological polar surface area (TPSA) is 29.5 Å². The van der Waals surface area contributed by atoms with Crippen LogP contribution in [0, 0.1) is 5.41 Å². The van der Waals surface area contributed by atoms with Crippen LogP contribution in [0.1, 0.15) is 53.4 Å². The van der Waals surface area contributed by atoms with E-state index in [0.717, 1.165) is 12.8 Å². The van der Waals surface area contributed by atoms with Crippen molar-refractivity contribution in [1.82, 2.24) is 0 Å². The molecule has 0 aliphatic carbocycles. The van der Waals surface area contributed by atoms with E-state index in [-0.39, 0.29) is 17.6 Å². The molecule has 2 nitrogen and oxygen atoms in total. The molecule has 0 radical (unpaired) electrons. The maximum atomic E-state index is 9.95. The van der Waals surface area contributed by atoms with Crippen LogP contribution in [0.15, 0.2) is 0 Å². The number of aliphatic hydroxyl groups is 1. The van der Waals surface area contributed by atoms with Gasteiger partial charge in [-0.2, -0.15) is 0 Å². The van der Waals surface area contributed by atoms with Gasteiger partial charge in [-0.25, -0.2) is 0 Å². The van der Waals surface area contributed by atoms with Gasteiger partial charge < -0.3 is 9.84 Å². The van der Waals surface area contributed by atoms with Crippen LogP contribution >= 0.6 is 0 Å². The third kappa shape index (κ3) is 4.97. The highest BCUT2D eigenvalue weighted by Crippen LogP contribution is 2.26. The summed E-state index contributed by atoms with van der Waals surface area (Å²) < 4.78 is 5.36. The Morgan fingerprint density at radius 3 is 2.14 bits per heavy atom. The second kappa shape index (κ2) is 6.41. The van der Waals surface area contributed by atoms with Crippen molar-refractivity contribution in [2.24, 2.45) is 5.41 Å². The number of ether oxygens (including phenoxy) is 1. The van der Waals surface area contributed by atoms with E-state index in [2.05, 4.69) is 27.7 Å². The number of hydrogen-bond donors (Lipinski definition) is 1. The fourth-order valence-electron chi connectivity index (χ4n) is 1.84. The third-order valence-electron chi connectivity index (χ3n) is 2.56. The van der Waals surface area contributed by atoms with Gasteiger partial charge in [-0.05, 0) is 11.8 Å². The van der Waals surface area contributed by atoms with E-state index >= 15 is 0 Å². The molecule has 0 aliphatic rings. The second-order valence-electron chi connectivity index (χ2n) is 5.09. The van der Waals surface area contributed by atoms with Gasteiger partial charge in [0, 0.05) is 7.11 Å². The summed E-state index contributed by atoms with van der Waals surface area (Å²) in [6.45, 7) is 8.47. The Labute approximate surface area is 88.7 Å². The van der Waals surface area contributed by atoms with Gasteiger partial charge >= 0.3 is 0 Å². The van der Waals surface area contributed by atoms with Crippen molar-refractivity contribution in [2.45, 2.75) is 65.6 Å². The van der Waals surface area contributed by atoms with Crippen LogP contribution in [0.5, 0.6) is 0 Å². The summed E-state index contributed by atoms with van der Waals surface area (Å²) in [5.41, 5.74) is 0.0143. The average molecular weight is 202 g/mol. The van der Waals surface area contributed by atoms with Crippen molar-refractivity contribution in [3.8, 4) is 0 Å². The van der Waals surface area contributed by atoms with Crippen molar-refractivity contribution < 1.29 is 9.84 Å². The van der Waals surface area contributed by atoms with E-state index in [0.29, 0.717) is 0 Å². The maximum absolute atomic E-state index is 9.95. The lowest BCUT2D eigenvalue weighted by Crippen LogP contribution is -2.39. The molecule has 0 bridgehead atoms. The number of aliphatic hydroxyl groups excluding tert-OH is 1. The van der Waals surface area contributed by atoms with Crippen molar-refractivity contribution in [1.29, 1.82) is 0 Å². The molecule has 0 saturated heterocycles. The summed E-state index contributed by atoms with van der Waals surface area (Å²) in [6.07, 6.45) is 3.94. The largest absolute Gasteiger partial charge is 0.390 e. The molecule has 0 rings (SSSR count). The van der Waals surface area contributed by atoms with Gasteiger partial charge in [0.1, 0.15) is 0 Å². The summed E-state index contributed by atoms with van der Waals surface area (Å²) in [6, 6.07) is 0. The van der Waals surface area contributed by atoms with Crippen LogP contribution in [0.4, 0.5) is 0 Å². The van der Waals surface area contributed by atoms with Gasteiger partial charge in [0.05, 0.1) is 12.2 Å². The minimum absolute atomic E-state index is 0.0143. The van der Waals surface area contributed by atoms with Crippen LogP contribution in [0.25, 0.3) is 0 Å². The van der Waals surface area contributed by atoms with Gasteiger partial charge in [0.2, 0.25) is 0 Å². The van der Waals surface area contributed by atoms with Gasteiger partial charge in [-0.15, -0.1) is 0 Å². The fraction of sp³-hybridized carbons (Fsp3) is 1.00. The first-order valence-electron chi connectivity index (χ1n) is 5.64. The van der Waals surface area contributed by atoms with Crippen LogP contribution in [-0.2, 0) is 4.74 Å². The molecule has 0 amide bonds. The normalized spacial score (nSPS) is 16.7. The zero-order valence-corrected chi connectivity index (χ0v) is 10.3. The minimum Gasteiger partial charge on any atom is -0.390 e. The van der Waals surface area contributed by atoms with Crippen molar-refractivity contribution in [3.05, 3.63) is 0 Å². The molecule has 2 unspecified atom stereocenters. The average Bonchev–Trinajstić information content (AvgIpc) is 2.03. The first-order chi connectivity index (χ1) is 6.43. The maximum Gasteiger partial charge on any atom is 0.0878 e. The Kier molecular flexibility index (Phi) is 6.38. The van der Waals surface area contributed by atoms with Crippen molar-refractivity contribution in [3.63, 3.8) is 0 Å². The quantitative estimate of drug-likeness (QED) is 0.671. The number of methoxy groups -OCH3 is 1. The lowest BCUT2D eigenvalue weighted by atomic mass is 9.84. The zero-order valence-electron chi connectivity index (χ0n) is 10.3. The molecule has 0 aromatic carbocycles. The Morgan fingerprint density at radius 2 is 1.79 bits per heavy atom. The molecule has 2 atom stereocenters. The zero-order chi connectivity index (χ0) is 11.2. The molecule has 0 saturated carbocycles. The van der Waals surface area contributed by atoms with E-state index < -0.39 is 0 Å². The molecule has 86 valence electrons. The fourth-order valence-corrected chi connectivity index (χ4v) is 1.84. The molecular formula is C12H26O2. The summed E-state index contributed by atoms with van der Waals surface area (Å²) in [4.78, 5) is 0. The second-order valence-corrected chi connectivity index (χ2v) is 5.09. The predicted molar refractivity (Wildman–Crippen MR) is 60.4 cm³/mol. The molecule has 0 aliphatic heterocycles. The molecule has 0 spiro atoms. The van der Waals surface area contributed by atoms with Gasteiger partial charge in [0.15, 0.2) is 0 Å². The molecule has 0 heterocycles. The standard InChI is InChI=1S/C12H26O2/c1-6-7-8-9-10(13)11(14-5)12(2,3)4/h10-11,13H,6-9H2,1-5H3. The Balaban J connectivity index is 3.98. The van der Waals surface area contributed by atoms with Crippen LogP contribution in [0.3, 0.4) is 0 Å². The third-order valence-corrected chi connectivity index (χ3v) is 2.56. The molecule has 0 fully saturated rings. The van der Waals surface area contributed by atoms with E-state index in [1.807, 2.05) is 0 Å². The first-order valence-corrected chi connectivity index (χ1v) is 5.64. The highest BCUT2D eigenvalue weighted by atomic mass is 16.5. The lowest BCUT2D eigenvalue weighted by Gasteiger charge is -2.33. The molecular weight excluding hydrogens is 176 g/mol. The molecule has 0 aromatic rings. The number of hydrogen-bond acceptors (Lipinski definition) is 2. The van der Waals surface area contributed by atoms with Crippen LogP contribution in [0.2, 0.25) is 0 Å². The summed E-state index contributed by atoms with van der Waals surface area (Å²) >= 11 is 0. The summed E-state index contributed by atoms with van der Waals surface area (Å²) in [5.74, 6) is 0. The minimum atomic E-state index is -0.327. The lowest BCUT2D eigenvalue weighted by molar-refractivity contribution is -0.0738. The monoisotopic (exact) mass is 202 g/mol. The first kappa shape index (κ1) is 13.9. The Bertz CT molecular complexity index is 138. The Morgan fingerprint density at radius 1 is 1.21 bits per heavy atom. The highest BCUT2D eigenvalue weighted by Gasteiger charge is 2.30. The molecule has 1 N–H and O–H groups in total. The van der Waals surface area contributed by atoms with E-state index in [9.17, 15) is 5.11 Å². The van der Waals surface area contributed by atoms with Gasteiger partial charge in [0.25, 0.3) is 0 Å². The summed E-state index contributed by atoms with van der Waals surface area (Å²) in [5, 5.41) is 9.95. The van der Waals surface area contributed by atoms with Crippen molar-refractivity contribution in [2.75, 3.05) is 7.11 Å².